The molecule has 16 heavy (non-hydrogen) atoms. The average molecular weight is 283 g/mol. The fourth-order valence-electron chi connectivity index (χ4n) is 0.903. The minimum atomic E-state index is -4.90. The summed E-state index contributed by atoms with van der Waals surface area (Å²) in [5, 5.41) is 0.0354. The van der Waals surface area contributed by atoms with Gasteiger partial charge in [0.2, 0.25) is 0 Å². The third kappa shape index (κ3) is 3.77. The van der Waals surface area contributed by atoms with Gasteiger partial charge in [-0.2, -0.15) is 0 Å². The van der Waals surface area contributed by atoms with E-state index >= 15 is 0 Å². The van der Waals surface area contributed by atoms with Gasteiger partial charge in [0.25, 0.3) is 0 Å². The number of carbonyl (C=O) groups excluding carboxylic acids is 1. The van der Waals surface area contributed by atoms with Crippen molar-refractivity contribution in [3.05, 3.63) is 33.8 Å². The maximum Gasteiger partial charge on any atom is 0.341 e. The average Bonchev–Trinajstić information content (AvgIpc) is 2.13. The van der Waals surface area contributed by atoms with Crippen LogP contribution in [0.5, 0.6) is 0 Å². The summed E-state index contributed by atoms with van der Waals surface area (Å²) in [5.74, 6) is -1.05. The van der Waals surface area contributed by atoms with Gasteiger partial charge in [-0.1, -0.05) is 29.3 Å². The van der Waals surface area contributed by atoms with Crippen LogP contribution in [0.1, 0.15) is 10.4 Å². The molecular weight excluding hydrogens is 278 g/mol. The second-order valence-corrected chi connectivity index (χ2v) is 5.06. The van der Waals surface area contributed by atoms with Gasteiger partial charge in [-0.25, -0.2) is 4.79 Å². The molecule has 1 aromatic rings. The maximum atomic E-state index is 11.3. The molecule has 0 bridgehead atoms. The van der Waals surface area contributed by atoms with Gasteiger partial charge in [-0.3, -0.25) is 0 Å². The molecule has 0 aliphatic heterocycles. The van der Waals surface area contributed by atoms with Gasteiger partial charge in [0.15, 0.2) is 0 Å². The second-order valence-electron chi connectivity index (χ2n) is 2.77. The number of hydrogen-bond acceptors (Lipinski definition) is 5. The predicted octanol–water partition coefficient (Wildman–Crippen LogP) is 1.02. The van der Waals surface area contributed by atoms with Crippen molar-refractivity contribution in [2.75, 3.05) is 6.35 Å². The first kappa shape index (κ1) is 13.5. The Labute approximate surface area is 101 Å². The first-order valence-electron chi connectivity index (χ1n) is 3.93. The number of benzene rings is 1. The fourth-order valence-corrected chi connectivity index (χ4v) is 1.73. The van der Waals surface area contributed by atoms with Crippen molar-refractivity contribution in [1.29, 1.82) is 0 Å². The normalized spacial score (nSPS) is 11.2. The lowest BCUT2D eigenvalue weighted by molar-refractivity contribution is -0.317. The van der Waals surface area contributed by atoms with Gasteiger partial charge in [0.05, 0.1) is 15.6 Å². The van der Waals surface area contributed by atoms with Crippen molar-refractivity contribution in [3.8, 4) is 0 Å². The number of rotatable bonds is 3. The molecule has 0 N–H and O–H groups in total. The van der Waals surface area contributed by atoms with Crippen molar-refractivity contribution in [1.82, 2.24) is 0 Å². The van der Waals surface area contributed by atoms with E-state index in [1.54, 1.807) is 0 Å². The van der Waals surface area contributed by atoms with E-state index in [1.165, 1.54) is 18.2 Å². The van der Waals surface area contributed by atoms with E-state index in [-0.39, 0.29) is 15.6 Å². The summed E-state index contributed by atoms with van der Waals surface area (Å²) in [7, 11) is -4.90. The standard InChI is InChI=1S/C8H7Cl2O5P/c9-5-2-1-3-6(10)7(5)8(11)15-4-16(12,13)14/h1-3H,4H2,(H2,12,13,14)/p-2. The smallest absolute Gasteiger partial charge is 0.341 e. The Hall–Kier alpha value is -0.580. The van der Waals surface area contributed by atoms with Gasteiger partial charge >= 0.3 is 5.97 Å². The molecule has 0 aliphatic carbocycles. The molecule has 0 saturated carbocycles. The van der Waals surface area contributed by atoms with Crippen LogP contribution in [0.3, 0.4) is 0 Å². The van der Waals surface area contributed by atoms with E-state index < -0.39 is 19.9 Å². The van der Waals surface area contributed by atoms with Crippen molar-refractivity contribution in [2.24, 2.45) is 0 Å². The Bertz CT molecular complexity index is 435. The lowest BCUT2D eigenvalue weighted by Crippen LogP contribution is -2.20. The van der Waals surface area contributed by atoms with E-state index in [4.69, 9.17) is 23.2 Å². The summed E-state index contributed by atoms with van der Waals surface area (Å²) in [4.78, 5) is 31.9. The topological polar surface area (TPSA) is 89.5 Å². The highest BCUT2D eigenvalue weighted by Crippen LogP contribution is 2.27. The summed E-state index contributed by atoms with van der Waals surface area (Å²) in [6.45, 7) is 0. The molecule has 8 heteroatoms. The number of ether oxygens (including phenoxy) is 1. The number of esters is 1. The van der Waals surface area contributed by atoms with Gasteiger partial charge in [0, 0.05) is 0 Å². The van der Waals surface area contributed by atoms with E-state index in [1.807, 2.05) is 0 Å². The maximum absolute atomic E-state index is 11.3. The fraction of sp³-hybridized carbons (Fsp3) is 0.125. The zero-order valence-electron chi connectivity index (χ0n) is 7.68. The van der Waals surface area contributed by atoms with Crippen LogP contribution < -0.4 is 9.79 Å². The summed E-state index contributed by atoms with van der Waals surface area (Å²) in [5.41, 5.74) is -0.167. The third-order valence-corrected chi connectivity index (χ3v) is 2.60. The van der Waals surface area contributed by atoms with Crippen molar-refractivity contribution in [2.45, 2.75) is 0 Å². The predicted molar refractivity (Wildman–Crippen MR) is 54.4 cm³/mol. The first-order chi connectivity index (χ1) is 7.31. The van der Waals surface area contributed by atoms with Crippen LogP contribution in [-0.2, 0) is 9.30 Å². The molecule has 0 fully saturated rings. The highest BCUT2D eigenvalue weighted by molar-refractivity contribution is 7.48. The van der Waals surface area contributed by atoms with Crippen LogP contribution in [-0.4, -0.2) is 12.3 Å². The number of hydrogen-bond donors (Lipinski definition) is 0. The van der Waals surface area contributed by atoms with Crippen LogP contribution in [0.25, 0.3) is 0 Å². The molecular formula is C8H5Cl2O5P-2. The highest BCUT2D eigenvalue weighted by atomic mass is 35.5. The Kier molecular flexibility index (Phi) is 4.35. The summed E-state index contributed by atoms with van der Waals surface area (Å²) >= 11 is 11.3. The summed E-state index contributed by atoms with van der Waals surface area (Å²) in [6.07, 6.45) is -1.23. The van der Waals surface area contributed by atoms with Gasteiger partial charge in [0.1, 0.15) is 6.35 Å². The molecule has 5 nitrogen and oxygen atoms in total. The molecule has 0 aliphatic rings. The molecule has 0 spiro atoms. The first-order valence-corrected chi connectivity index (χ1v) is 6.42. The Morgan fingerprint density at radius 3 is 2.25 bits per heavy atom. The van der Waals surface area contributed by atoms with E-state index in [9.17, 15) is 19.1 Å². The molecule has 0 atom stereocenters. The molecule has 88 valence electrons. The lowest BCUT2D eigenvalue weighted by atomic mass is 10.2. The zero-order valence-corrected chi connectivity index (χ0v) is 10.1. The molecule has 0 heterocycles. The van der Waals surface area contributed by atoms with Crippen LogP contribution in [0.15, 0.2) is 18.2 Å². The van der Waals surface area contributed by atoms with Gasteiger partial charge < -0.3 is 19.1 Å². The molecule has 0 radical (unpaired) electrons. The van der Waals surface area contributed by atoms with Gasteiger partial charge in [-0.05, 0) is 19.7 Å². The lowest BCUT2D eigenvalue weighted by Gasteiger charge is -2.28. The molecule has 0 aromatic heterocycles. The van der Waals surface area contributed by atoms with Crippen LogP contribution in [0.2, 0.25) is 10.0 Å². The molecule has 0 saturated heterocycles. The van der Waals surface area contributed by atoms with Crippen molar-refractivity contribution < 1.29 is 23.9 Å². The summed E-state index contributed by atoms with van der Waals surface area (Å²) in [6, 6.07) is 4.28. The van der Waals surface area contributed by atoms with Crippen LogP contribution in [0, 0.1) is 0 Å². The summed E-state index contributed by atoms with van der Waals surface area (Å²) < 4.78 is 14.5. The minimum absolute atomic E-state index is 0.0177. The van der Waals surface area contributed by atoms with Crippen molar-refractivity contribution >= 4 is 36.8 Å². The molecule has 0 unspecified atom stereocenters. The van der Waals surface area contributed by atoms with E-state index in [0.29, 0.717) is 0 Å². The Morgan fingerprint density at radius 2 is 1.81 bits per heavy atom. The third-order valence-electron chi connectivity index (χ3n) is 1.52. The second kappa shape index (κ2) is 5.17. The number of carbonyl (C=O) groups is 1. The monoisotopic (exact) mass is 282 g/mol. The van der Waals surface area contributed by atoms with Crippen molar-refractivity contribution in [3.63, 3.8) is 0 Å². The van der Waals surface area contributed by atoms with E-state index in [2.05, 4.69) is 4.74 Å². The SMILES string of the molecule is O=C(OCP(=O)([O-])[O-])c1c(Cl)cccc1Cl. The van der Waals surface area contributed by atoms with E-state index in [0.717, 1.165) is 0 Å². The number of halogens is 2. The highest BCUT2D eigenvalue weighted by Gasteiger charge is 2.15. The van der Waals surface area contributed by atoms with Crippen LogP contribution in [0.4, 0.5) is 0 Å². The Balaban J connectivity index is 2.85. The zero-order chi connectivity index (χ0) is 12.3. The minimum Gasteiger partial charge on any atom is -0.808 e. The Morgan fingerprint density at radius 1 is 1.31 bits per heavy atom. The quantitative estimate of drug-likeness (QED) is 0.610. The molecule has 1 aromatic carbocycles. The molecule has 1 rings (SSSR count). The van der Waals surface area contributed by atoms with Gasteiger partial charge in [-0.15, -0.1) is 0 Å². The molecule has 0 amide bonds. The largest absolute Gasteiger partial charge is 0.808 e. The van der Waals surface area contributed by atoms with Crippen LogP contribution >= 0.6 is 30.8 Å².